The van der Waals surface area contributed by atoms with Gasteiger partial charge in [0.15, 0.2) is 4.77 Å². The molecular formula is C16H17ClN4O3S. The van der Waals surface area contributed by atoms with Crippen molar-refractivity contribution < 1.29 is 9.90 Å². The first-order valence-electron chi connectivity index (χ1n) is 7.52. The van der Waals surface area contributed by atoms with Crippen molar-refractivity contribution in [3.63, 3.8) is 0 Å². The number of carbonyl (C=O) groups excluding carboxylic acids is 1. The number of H-pyrrole nitrogens is 1. The van der Waals surface area contributed by atoms with Crippen LogP contribution in [-0.4, -0.2) is 26.8 Å². The molecule has 0 bridgehead atoms. The van der Waals surface area contributed by atoms with E-state index in [2.05, 4.69) is 15.5 Å². The van der Waals surface area contributed by atoms with E-state index < -0.39 is 11.5 Å². The monoisotopic (exact) mass is 380 g/mol. The zero-order valence-corrected chi connectivity index (χ0v) is 15.2. The standard InChI is InChI=1S/C16H17ClN4O3S/c1-3-9(2)21-15(24)11(13(22)19-16(21)25)8-18-20-14(23)10-6-4-5-7-12(10)17/h4-9,24H,3H2,1-2H3,(H,20,23)(H,19,22,25)/t9-/m1/s1. The van der Waals surface area contributed by atoms with Gasteiger partial charge in [-0.25, -0.2) is 5.43 Å². The van der Waals surface area contributed by atoms with Crippen molar-refractivity contribution in [2.45, 2.75) is 26.3 Å². The average Bonchev–Trinajstić information content (AvgIpc) is 2.57. The maximum atomic E-state index is 12.0. The van der Waals surface area contributed by atoms with Gasteiger partial charge in [0.2, 0.25) is 5.88 Å². The first-order chi connectivity index (χ1) is 11.9. The van der Waals surface area contributed by atoms with Gasteiger partial charge in [0.1, 0.15) is 5.56 Å². The number of halogens is 1. The summed E-state index contributed by atoms with van der Waals surface area (Å²) in [4.78, 5) is 26.5. The fraction of sp³-hybridized carbons (Fsp3) is 0.250. The van der Waals surface area contributed by atoms with Crippen molar-refractivity contribution in [1.29, 1.82) is 0 Å². The molecule has 0 aliphatic rings. The number of rotatable bonds is 5. The third-order valence-electron chi connectivity index (χ3n) is 3.66. The molecule has 0 saturated carbocycles. The number of aromatic hydroxyl groups is 1. The predicted molar refractivity (Wildman–Crippen MR) is 99.1 cm³/mol. The van der Waals surface area contributed by atoms with Crippen molar-refractivity contribution in [2.24, 2.45) is 5.10 Å². The zero-order valence-electron chi connectivity index (χ0n) is 13.6. The number of nitrogens with one attached hydrogen (secondary N) is 2. The normalized spacial score (nSPS) is 12.3. The summed E-state index contributed by atoms with van der Waals surface area (Å²) >= 11 is 11.0. The lowest BCUT2D eigenvalue weighted by atomic mass is 10.2. The largest absolute Gasteiger partial charge is 0.494 e. The Kier molecular flexibility index (Phi) is 6.11. The minimum absolute atomic E-state index is 0.103. The van der Waals surface area contributed by atoms with Crippen LogP contribution in [0.4, 0.5) is 0 Å². The molecule has 2 rings (SSSR count). The maximum absolute atomic E-state index is 12.0. The molecule has 0 saturated heterocycles. The Bertz CT molecular complexity index is 936. The molecule has 0 radical (unpaired) electrons. The summed E-state index contributed by atoms with van der Waals surface area (Å²) in [5, 5.41) is 14.3. The van der Waals surface area contributed by atoms with Gasteiger partial charge in [0.05, 0.1) is 16.8 Å². The van der Waals surface area contributed by atoms with Crippen molar-refractivity contribution >= 4 is 35.9 Å². The molecule has 1 heterocycles. The summed E-state index contributed by atoms with van der Waals surface area (Å²) in [5.74, 6) is -0.841. The quantitative estimate of drug-likeness (QED) is 0.421. The van der Waals surface area contributed by atoms with Crippen LogP contribution in [0.1, 0.15) is 42.2 Å². The SMILES string of the molecule is CC[C@@H](C)n1c(O)c(C=NNC(=O)c2ccccc2Cl)c(=O)[nH]c1=S. The van der Waals surface area contributed by atoms with Crippen LogP contribution in [0, 0.1) is 4.77 Å². The van der Waals surface area contributed by atoms with Crippen LogP contribution in [0.3, 0.4) is 0 Å². The molecule has 1 aromatic carbocycles. The number of nitrogens with zero attached hydrogens (tertiary/aromatic N) is 2. The molecule has 0 spiro atoms. The molecule has 7 nitrogen and oxygen atoms in total. The van der Waals surface area contributed by atoms with E-state index in [4.69, 9.17) is 23.8 Å². The Balaban J connectivity index is 2.30. The molecule has 9 heteroatoms. The Labute approximate surface area is 154 Å². The summed E-state index contributed by atoms with van der Waals surface area (Å²) in [7, 11) is 0. The van der Waals surface area contributed by atoms with E-state index >= 15 is 0 Å². The van der Waals surface area contributed by atoms with E-state index in [-0.39, 0.29) is 32.8 Å². The third kappa shape index (κ3) is 4.15. The van der Waals surface area contributed by atoms with Crippen LogP contribution >= 0.6 is 23.8 Å². The molecule has 0 unspecified atom stereocenters. The van der Waals surface area contributed by atoms with Crippen molar-refractivity contribution in [3.8, 4) is 5.88 Å². The third-order valence-corrected chi connectivity index (χ3v) is 4.29. The van der Waals surface area contributed by atoms with Gasteiger partial charge < -0.3 is 5.11 Å². The van der Waals surface area contributed by atoms with Gasteiger partial charge in [-0.15, -0.1) is 0 Å². The minimum atomic E-state index is -0.599. The van der Waals surface area contributed by atoms with Crippen LogP contribution in [-0.2, 0) is 0 Å². The van der Waals surface area contributed by atoms with Crippen molar-refractivity contribution in [3.05, 3.63) is 55.5 Å². The van der Waals surface area contributed by atoms with Crippen LogP contribution in [0.5, 0.6) is 5.88 Å². The number of aromatic amines is 1. The van der Waals surface area contributed by atoms with E-state index in [0.717, 1.165) is 6.21 Å². The van der Waals surface area contributed by atoms with Crippen LogP contribution in [0.15, 0.2) is 34.2 Å². The number of amides is 1. The summed E-state index contributed by atoms with van der Waals surface area (Å²) in [6.45, 7) is 3.78. The summed E-state index contributed by atoms with van der Waals surface area (Å²) in [6.07, 6.45) is 1.77. The second-order valence-corrected chi connectivity index (χ2v) is 6.10. The Morgan fingerprint density at radius 1 is 1.52 bits per heavy atom. The fourth-order valence-corrected chi connectivity index (χ4v) is 2.70. The Hall–Kier alpha value is -2.45. The van der Waals surface area contributed by atoms with Gasteiger partial charge in [0, 0.05) is 6.04 Å². The molecule has 132 valence electrons. The van der Waals surface area contributed by atoms with E-state index in [1.807, 2.05) is 13.8 Å². The number of hydrogen-bond acceptors (Lipinski definition) is 5. The molecular weight excluding hydrogens is 364 g/mol. The highest BCUT2D eigenvalue weighted by Crippen LogP contribution is 2.20. The first-order valence-corrected chi connectivity index (χ1v) is 8.31. The van der Waals surface area contributed by atoms with Crippen molar-refractivity contribution in [1.82, 2.24) is 15.0 Å². The van der Waals surface area contributed by atoms with Crippen LogP contribution in [0.2, 0.25) is 5.02 Å². The van der Waals surface area contributed by atoms with Crippen LogP contribution in [0.25, 0.3) is 0 Å². The van der Waals surface area contributed by atoms with Gasteiger partial charge in [-0.1, -0.05) is 30.7 Å². The molecule has 0 fully saturated rings. The van der Waals surface area contributed by atoms with E-state index in [9.17, 15) is 14.7 Å². The average molecular weight is 381 g/mol. The van der Waals surface area contributed by atoms with Gasteiger partial charge in [-0.2, -0.15) is 5.10 Å². The van der Waals surface area contributed by atoms with E-state index in [1.165, 1.54) is 4.57 Å². The lowest BCUT2D eigenvalue weighted by Crippen LogP contribution is -2.22. The first kappa shape index (κ1) is 18.9. The minimum Gasteiger partial charge on any atom is -0.494 e. The summed E-state index contributed by atoms with van der Waals surface area (Å²) in [6, 6.07) is 6.37. The highest BCUT2D eigenvalue weighted by atomic mass is 35.5. The second kappa shape index (κ2) is 8.09. The topological polar surface area (TPSA) is 99.5 Å². The molecule has 1 amide bonds. The number of carbonyl (C=O) groups is 1. The molecule has 3 N–H and O–H groups in total. The number of benzene rings is 1. The molecule has 1 atom stereocenters. The van der Waals surface area contributed by atoms with E-state index in [1.54, 1.807) is 24.3 Å². The molecule has 0 aliphatic carbocycles. The molecule has 2 aromatic rings. The summed E-state index contributed by atoms with van der Waals surface area (Å²) in [5.41, 5.74) is 1.81. The van der Waals surface area contributed by atoms with Crippen molar-refractivity contribution in [2.75, 3.05) is 0 Å². The maximum Gasteiger partial charge on any atom is 0.272 e. The van der Waals surface area contributed by atoms with Gasteiger partial charge in [-0.05, 0) is 37.7 Å². The van der Waals surface area contributed by atoms with E-state index in [0.29, 0.717) is 6.42 Å². The molecule has 1 aromatic heterocycles. The molecule has 0 aliphatic heterocycles. The van der Waals surface area contributed by atoms with Gasteiger partial charge in [0.25, 0.3) is 11.5 Å². The predicted octanol–water partition coefficient (Wildman–Crippen LogP) is 3.00. The second-order valence-electron chi connectivity index (χ2n) is 5.30. The van der Waals surface area contributed by atoms with Gasteiger partial charge >= 0.3 is 0 Å². The zero-order chi connectivity index (χ0) is 18.6. The number of hydrazone groups is 1. The number of hydrogen-bond donors (Lipinski definition) is 3. The van der Waals surface area contributed by atoms with Crippen LogP contribution < -0.4 is 11.0 Å². The van der Waals surface area contributed by atoms with Gasteiger partial charge in [-0.3, -0.25) is 19.1 Å². The summed E-state index contributed by atoms with van der Waals surface area (Å²) < 4.78 is 1.54. The smallest absolute Gasteiger partial charge is 0.272 e. The lowest BCUT2D eigenvalue weighted by molar-refractivity contribution is 0.0955. The highest BCUT2D eigenvalue weighted by molar-refractivity contribution is 7.71. The number of aromatic nitrogens is 2. The fourth-order valence-electron chi connectivity index (χ4n) is 2.12. The Morgan fingerprint density at radius 3 is 2.84 bits per heavy atom. The highest BCUT2D eigenvalue weighted by Gasteiger charge is 2.15. The Morgan fingerprint density at radius 2 is 2.20 bits per heavy atom. The molecule has 25 heavy (non-hydrogen) atoms. The lowest BCUT2D eigenvalue weighted by Gasteiger charge is -2.16.